The number of benzene rings is 1. The number of amides is 1. The van der Waals surface area contributed by atoms with Gasteiger partial charge in [-0.1, -0.05) is 25.3 Å². The van der Waals surface area contributed by atoms with Crippen molar-refractivity contribution < 1.29 is 13.2 Å². The van der Waals surface area contributed by atoms with Crippen LogP contribution in [0.25, 0.3) is 0 Å². The number of nitrogens with one attached hydrogen (secondary N) is 1. The Kier molecular flexibility index (Phi) is 7.48. The molecule has 0 atom stereocenters. The van der Waals surface area contributed by atoms with Crippen molar-refractivity contribution in [2.24, 2.45) is 0 Å². The molecule has 0 bridgehead atoms. The minimum atomic E-state index is -3.53. The fourth-order valence-electron chi connectivity index (χ4n) is 4.04. The highest BCUT2D eigenvalue weighted by Gasteiger charge is 2.27. The molecule has 1 aromatic rings. The minimum absolute atomic E-state index is 0.192. The van der Waals surface area contributed by atoms with Gasteiger partial charge in [0, 0.05) is 31.7 Å². The number of likely N-dealkylation sites (tertiary alicyclic amines) is 1. The van der Waals surface area contributed by atoms with Gasteiger partial charge in [0.1, 0.15) is 0 Å². The van der Waals surface area contributed by atoms with Crippen LogP contribution in [-0.4, -0.2) is 62.8 Å². The molecule has 2 heterocycles. The molecule has 2 fully saturated rings. The van der Waals surface area contributed by atoms with Crippen molar-refractivity contribution in [3.63, 3.8) is 0 Å². The van der Waals surface area contributed by atoms with Crippen LogP contribution in [0.5, 0.6) is 0 Å². The van der Waals surface area contributed by atoms with Gasteiger partial charge in [-0.15, -0.1) is 0 Å². The number of aryl methyl sites for hydroxylation is 1. The lowest BCUT2D eigenvalue weighted by Gasteiger charge is -2.26. The Bertz CT molecular complexity index is 765. The number of carbonyl (C=O) groups is 1. The van der Waals surface area contributed by atoms with Crippen molar-refractivity contribution in [3.05, 3.63) is 29.3 Å². The number of hydrogen-bond donors (Lipinski definition) is 1. The van der Waals surface area contributed by atoms with Crippen LogP contribution in [0.2, 0.25) is 0 Å². The summed E-state index contributed by atoms with van der Waals surface area (Å²) in [6, 6.07) is 4.90. The molecular formula is C21H33N3O3S. The van der Waals surface area contributed by atoms with Gasteiger partial charge in [-0.2, -0.15) is 4.31 Å². The van der Waals surface area contributed by atoms with Crippen LogP contribution in [0.1, 0.15) is 60.9 Å². The molecule has 6 nitrogen and oxygen atoms in total. The van der Waals surface area contributed by atoms with Gasteiger partial charge in [-0.3, -0.25) is 4.79 Å². The van der Waals surface area contributed by atoms with E-state index in [2.05, 4.69) is 10.2 Å². The second kappa shape index (κ2) is 9.85. The van der Waals surface area contributed by atoms with Gasteiger partial charge in [0.15, 0.2) is 0 Å². The third-order valence-electron chi connectivity index (χ3n) is 5.82. The topological polar surface area (TPSA) is 69.7 Å². The molecule has 28 heavy (non-hydrogen) atoms. The van der Waals surface area contributed by atoms with Gasteiger partial charge in [0.05, 0.1) is 4.90 Å². The van der Waals surface area contributed by atoms with E-state index in [9.17, 15) is 13.2 Å². The van der Waals surface area contributed by atoms with Crippen LogP contribution < -0.4 is 5.32 Å². The Morgan fingerprint density at radius 2 is 1.57 bits per heavy atom. The lowest BCUT2D eigenvalue weighted by molar-refractivity contribution is 0.0947. The van der Waals surface area contributed by atoms with Crippen LogP contribution in [0, 0.1) is 6.92 Å². The average molecular weight is 408 g/mol. The van der Waals surface area contributed by atoms with E-state index in [1.807, 2.05) is 6.92 Å². The molecule has 2 aliphatic rings. The summed E-state index contributed by atoms with van der Waals surface area (Å²) in [5.41, 5.74) is 1.25. The second-order valence-electron chi connectivity index (χ2n) is 7.95. The first-order valence-electron chi connectivity index (χ1n) is 10.6. The standard InChI is InChI=1S/C21H33N3O3S/c1-18-9-10-19(28(26,27)24-14-7-4-8-15-24)17-20(18)21(25)22-11-16-23-12-5-2-3-6-13-23/h9-10,17H,2-8,11-16H2,1H3,(H,22,25). The van der Waals surface area contributed by atoms with Crippen molar-refractivity contribution in [1.82, 2.24) is 14.5 Å². The molecular weight excluding hydrogens is 374 g/mol. The molecule has 1 amide bonds. The van der Waals surface area contributed by atoms with Crippen molar-refractivity contribution in [2.75, 3.05) is 39.3 Å². The lowest BCUT2D eigenvalue weighted by Crippen LogP contribution is -2.36. The molecule has 2 aliphatic heterocycles. The lowest BCUT2D eigenvalue weighted by atomic mass is 10.1. The number of sulfonamides is 1. The first kappa shape index (κ1) is 21.3. The summed E-state index contributed by atoms with van der Waals surface area (Å²) in [6.07, 6.45) is 7.90. The molecule has 0 radical (unpaired) electrons. The zero-order chi connectivity index (χ0) is 20.0. The van der Waals surface area contributed by atoms with Crippen molar-refractivity contribution in [3.8, 4) is 0 Å². The van der Waals surface area contributed by atoms with E-state index in [0.717, 1.165) is 44.5 Å². The van der Waals surface area contributed by atoms with Crippen LogP contribution in [0.4, 0.5) is 0 Å². The highest BCUT2D eigenvalue weighted by atomic mass is 32.2. The highest BCUT2D eigenvalue weighted by Crippen LogP contribution is 2.23. The Morgan fingerprint density at radius 3 is 2.25 bits per heavy atom. The van der Waals surface area contributed by atoms with Gasteiger partial charge in [0.25, 0.3) is 5.91 Å². The quantitative estimate of drug-likeness (QED) is 0.787. The zero-order valence-electron chi connectivity index (χ0n) is 17.0. The molecule has 0 unspecified atom stereocenters. The fraction of sp³-hybridized carbons (Fsp3) is 0.667. The predicted molar refractivity (Wildman–Crippen MR) is 111 cm³/mol. The average Bonchev–Trinajstić information content (AvgIpc) is 2.97. The molecule has 1 N–H and O–H groups in total. The van der Waals surface area contributed by atoms with Crippen LogP contribution in [0.3, 0.4) is 0 Å². The van der Waals surface area contributed by atoms with E-state index in [1.165, 1.54) is 25.7 Å². The fourth-order valence-corrected chi connectivity index (χ4v) is 5.59. The summed E-state index contributed by atoms with van der Waals surface area (Å²) < 4.78 is 27.4. The molecule has 2 saturated heterocycles. The summed E-state index contributed by atoms with van der Waals surface area (Å²) in [7, 11) is -3.53. The van der Waals surface area contributed by atoms with E-state index in [1.54, 1.807) is 22.5 Å². The SMILES string of the molecule is Cc1ccc(S(=O)(=O)N2CCCCC2)cc1C(=O)NCCN1CCCCCC1. The minimum Gasteiger partial charge on any atom is -0.351 e. The Balaban J connectivity index is 1.64. The van der Waals surface area contributed by atoms with Gasteiger partial charge < -0.3 is 10.2 Å². The number of piperidine rings is 1. The Morgan fingerprint density at radius 1 is 0.964 bits per heavy atom. The van der Waals surface area contributed by atoms with E-state index in [0.29, 0.717) is 25.2 Å². The van der Waals surface area contributed by atoms with E-state index >= 15 is 0 Å². The second-order valence-corrected chi connectivity index (χ2v) is 9.89. The predicted octanol–water partition coefficient (Wildman–Crippen LogP) is 2.78. The van der Waals surface area contributed by atoms with Gasteiger partial charge in [-0.25, -0.2) is 8.42 Å². The maximum absolute atomic E-state index is 12.9. The highest BCUT2D eigenvalue weighted by molar-refractivity contribution is 7.89. The van der Waals surface area contributed by atoms with Crippen molar-refractivity contribution in [1.29, 1.82) is 0 Å². The van der Waals surface area contributed by atoms with Crippen LogP contribution >= 0.6 is 0 Å². The normalized spacial score (nSPS) is 19.9. The van der Waals surface area contributed by atoms with Crippen molar-refractivity contribution >= 4 is 15.9 Å². The summed E-state index contributed by atoms with van der Waals surface area (Å²) in [4.78, 5) is 15.3. The monoisotopic (exact) mass is 407 g/mol. The van der Waals surface area contributed by atoms with Crippen molar-refractivity contribution in [2.45, 2.75) is 56.8 Å². The van der Waals surface area contributed by atoms with Crippen LogP contribution in [-0.2, 0) is 10.0 Å². The largest absolute Gasteiger partial charge is 0.351 e. The van der Waals surface area contributed by atoms with Gasteiger partial charge in [-0.05, 0) is 63.4 Å². The summed E-state index contributed by atoms with van der Waals surface area (Å²) in [6.45, 7) is 6.59. The molecule has 3 rings (SSSR count). The molecule has 0 aliphatic carbocycles. The van der Waals surface area contributed by atoms with E-state index in [-0.39, 0.29) is 10.8 Å². The third-order valence-corrected chi connectivity index (χ3v) is 7.71. The van der Waals surface area contributed by atoms with E-state index in [4.69, 9.17) is 0 Å². The summed E-state index contributed by atoms with van der Waals surface area (Å²) in [5.74, 6) is -0.192. The number of nitrogens with zero attached hydrogens (tertiary/aromatic N) is 2. The van der Waals surface area contributed by atoms with Gasteiger partial charge >= 0.3 is 0 Å². The Hall–Kier alpha value is -1.44. The summed E-state index contributed by atoms with van der Waals surface area (Å²) in [5, 5.41) is 2.98. The smallest absolute Gasteiger partial charge is 0.251 e. The Labute approximate surface area is 169 Å². The molecule has 0 saturated carbocycles. The summed E-state index contributed by atoms with van der Waals surface area (Å²) >= 11 is 0. The molecule has 1 aromatic carbocycles. The first-order valence-corrected chi connectivity index (χ1v) is 12.0. The molecule has 0 spiro atoms. The van der Waals surface area contributed by atoms with Crippen LogP contribution in [0.15, 0.2) is 23.1 Å². The molecule has 156 valence electrons. The number of carbonyl (C=O) groups excluding carboxylic acids is 1. The van der Waals surface area contributed by atoms with E-state index < -0.39 is 10.0 Å². The number of rotatable bonds is 6. The molecule has 7 heteroatoms. The third kappa shape index (κ3) is 5.33. The zero-order valence-corrected chi connectivity index (χ0v) is 17.8. The molecule has 0 aromatic heterocycles. The first-order chi connectivity index (χ1) is 13.5. The number of hydrogen-bond acceptors (Lipinski definition) is 4. The maximum Gasteiger partial charge on any atom is 0.251 e. The van der Waals surface area contributed by atoms with Gasteiger partial charge in [0.2, 0.25) is 10.0 Å². The maximum atomic E-state index is 12.9.